The molecule has 20 heavy (non-hydrogen) atoms. The molecule has 1 aliphatic carbocycles. The van der Waals surface area contributed by atoms with E-state index in [1.165, 1.54) is 48.2 Å². The zero-order valence-corrected chi connectivity index (χ0v) is 12.8. The van der Waals surface area contributed by atoms with Crippen LogP contribution in [0.5, 0.6) is 0 Å². The summed E-state index contributed by atoms with van der Waals surface area (Å²) in [7, 11) is 1.95. The van der Waals surface area contributed by atoms with E-state index in [4.69, 9.17) is 0 Å². The Labute approximate surface area is 124 Å². The van der Waals surface area contributed by atoms with Crippen LogP contribution in [-0.4, -0.2) is 14.9 Å². The number of aromatic nitrogens is 2. The molecule has 0 radical (unpaired) electrons. The Morgan fingerprint density at radius 3 is 3.00 bits per heavy atom. The number of thiophene rings is 1. The monoisotopic (exact) mass is 290 g/mol. The van der Waals surface area contributed by atoms with Crippen molar-refractivity contribution in [2.24, 2.45) is 7.05 Å². The molecule has 0 spiro atoms. The van der Waals surface area contributed by atoms with Gasteiger partial charge in [-0.25, -0.2) is 0 Å². The zero-order valence-electron chi connectivity index (χ0n) is 12.0. The summed E-state index contributed by atoms with van der Waals surface area (Å²) < 4.78 is 1.89. The molecule has 0 aromatic carbocycles. The van der Waals surface area contributed by atoms with Gasteiger partial charge in [-0.2, -0.15) is 5.10 Å². The van der Waals surface area contributed by atoms with E-state index in [1.54, 1.807) is 0 Å². The minimum atomic E-state index is -0.332. The summed E-state index contributed by atoms with van der Waals surface area (Å²) in [6.45, 7) is 0. The van der Waals surface area contributed by atoms with Crippen LogP contribution in [0.2, 0.25) is 0 Å². The van der Waals surface area contributed by atoms with Crippen molar-refractivity contribution >= 4 is 11.3 Å². The van der Waals surface area contributed by atoms with Crippen LogP contribution in [0.4, 0.5) is 0 Å². The highest BCUT2D eigenvalue weighted by molar-refractivity contribution is 7.12. The lowest BCUT2D eigenvalue weighted by Gasteiger charge is -2.08. The second-order valence-corrected chi connectivity index (χ2v) is 6.83. The van der Waals surface area contributed by atoms with Crippen molar-refractivity contribution < 1.29 is 5.11 Å². The predicted molar refractivity (Wildman–Crippen MR) is 82.1 cm³/mol. The Morgan fingerprint density at radius 2 is 2.20 bits per heavy atom. The molecule has 1 N–H and O–H groups in total. The number of hydrogen-bond donors (Lipinski definition) is 1. The van der Waals surface area contributed by atoms with Crippen molar-refractivity contribution in [1.29, 1.82) is 0 Å². The van der Waals surface area contributed by atoms with Crippen molar-refractivity contribution in [1.82, 2.24) is 9.78 Å². The Morgan fingerprint density at radius 1 is 1.35 bits per heavy atom. The quantitative estimate of drug-likeness (QED) is 0.876. The van der Waals surface area contributed by atoms with E-state index in [-0.39, 0.29) is 6.10 Å². The van der Waals surface area contributed by atoms with Gasteiger partial charge in [0, 0.05) is 28.7 Å². The van der Waals surface area contributed by atoms with Gasteiger partial charge in [-0.3, -0.25) is 4.68 Å². The van der Waals surface area contributed by atoms with Crippen LogP contribution >= 0.6 is 11.3 Å². The number of rotatable bonds is 4. The third kappa shape index (κ3) is 2.96. The van der Waals surface area contributed by atoms with E-state index >= 15 is 0 Å². The lowest BCUT2D eigenvalue weighted by atomic mass is 10.1. The first kappa shape index (κ1) is 13.8. The van der Waals surface area contributed by atoms with Gasteiger partial charge in [0.2, 0.25) is 0 Å². The smallest absolute Gasteiger partial charge is 0.0885 e. The van der Waals surface area contributed by atoms with E-state index in [1.807, 2.05) is 35.3 Å². The van der Waals surface area contributed by atoms with Crippen LogP contribution in [0.25, 0.3) is 0 Å². The lowest BCUT2D eigenvalue weighted by molar-refractivity contribution is 0.171. The molecular weight excluding hydrogens is 268 g/mol. The Bertz CT molecular complexity index is 549. The van der Waals surface area contributed by atoms with Gasteiger partial charge in [0.25, 0.3) is 0 Å². The maximum Gasteiger partial charge on any atom is 0.0885 e. The SMILES string of the molecule is Cn1nccc1CCC(O)c1cc2c(s1)CCCCC2. The summed E-state index contributed by atoms with van der Waals surface area (Å²) in [6, 6.07) is 4.27. The number of fused-ring (bicyclic) bond motifs is 1. The van der Waals surface area contributed by atoms with Gasteiger partial charge in [0.1, 0.15) is 0 Å². The molecule has 0 saturated heterocycles. The molecule has 0 amide bonds. The summed E-state index contributed by atoms with van der Waals surface area (Å²) in [4.78, 5) is 2.66. The Kier molecular flexibility index (Phi) is 4.22. The number of aliphatic hydroxyl groups is 1. The predicted octanol–water partition coefficient (Wildman–Crippen LogP) is 3.42. The number of aryl methyl sites for hydroxylation is 4. The van der Waals surface area contributed by atoms with Crippen LogP contribution in [0, 0.1) is 0 Å². The fourth-order valence-corrected chi connectivity index (χ4v) is 4.21. The van der Waals surface area contributed by atoms with Crippen molar-refractivity contribution in [3.63, 3.8) is 0 Å². The van der Waals surface area contributed by atoms with Gasteiger partial charge < -0.3 is 5.11 Å². The standard InChI is InChI=1S/C16H22N2OS/c1-18-13(9-10-17-18)7-8-14(19)16-11-12-5-3-2-4-6-15(12)20-16/h9-11,14,19H,2-8H2,1H3. The maximum absolute atomic E-state index is 10.4. The van der Waals surface area contributed by atoms with E-state index in [0.717, 1.165) is 17.7 Å². The summed E-state index contributed by atoms with van der Waals surface area (Å²) in [5.41, 5.74) is 2.67. The molecule has 0 saturated carbocycles. The molecule has 1 atom stereocenters. The van der Waals surface area contributed by atoms with E-state index in [0.29, 0.717) is 0 Å². The largest absolute Gasteiger partial charge is 0.388 e. The van der Waals surface area contributed by atoms with Crippen LogP contribution in [0.15, 0.2) is 18.3 Å². The van der Waals surface area contributed by atoms with Gasteiger partial charge in [0.05, 0.1) is 6.10 Å². The van der Waals surface area contributed by atoms with Crippen molar-refractivity contribution in [3.8, 4) is 0 Å². The van der Waals surface area contributed by atoms with E-state index in [2.05, 4.69) is 11.2 Å². The second-order valence-electron chi connectivity index (χ2n) is 5.66. The third-order valence-corrected chi connectivity index (χ3v) is 5.53. The number of nitrogens with zero attached hydrogens (tertiary/aromatic N) is 2. The van der Waals surface area contributed by atoms with Crippen LogP contribution in [0.3, 0.4) is 0 Å². The number of aliphatic hydroxyl groups excluding tert-OH is 1. The first-order chi connectivity index (χ1) is 9.74. The topological polar surface area (TPSA) is 38.0 Å². The summed E-state index contributed by atoms with van der Waals surface area (Å²) in [5, 5.41) is 14.6. The summed E-state index contributed by atoms with van der Waals surface area (Å²) in [6.07, 6.45) is 9.48. The fourth-order valence-electron chi connectivity index (χ4n) is 2.93. The van der Waals surface area contributed by atoms with Crippen LogP contribution < -0.4 is 0 Å². The maximum atomic E-state index is 10.4. The molecule has 0 bridgehead atoms. The molecule has 2 aromatic rings. The average molecular weight is 290 g/mol. The van der Waals surface area contributed by atoms with Gasteiger partial charge in [0.15, 0.2) is 0 Å². The van der Waals surface area contributed by atoms with Crippen molar-refractivity contribution in [2.45, 2.75) is 51.0 Å². The minimum absolute atomic E-state index is 0.332. The minimum Gasteiger partial charge on any atom is -0.388 e. The first-order valence-corrected chi connectivity index (χ1v) is 8.32. The highest BCUT2D eigenvalue weighted by Gasteiger charge is 2.17. The lowest BCUT2D eigenvalue weighted by Crippen LogP contribution is -2.02. The molecular formula is C16H22N2OS. The molecule has 3 nitrogen and oxygen atoms in total. The summed E-state index contributed by atoms with van der Waals surface area (Å²) in [5.74, 6) is 0. The fraction of sp³-hybridized carbons (Fsp3) is 0.562. The molecule has 1 aliphatic rings. The third-order valence-electron chi connectivity index (χ3n) is 4.19. The molecule has 3 rings (SSSR count). The van der Waals surface area contributed by atoms with E-state index < -0.39 is 0 Å². The van der Waals surface area contributed by atoms with Gasteiger partial charge in [-0.05, 0) is 56.2 Å². The van der Waals surface area contributed by atoms with E-state index in [9.17, 15) is 5.11 Å². The van der Waals surface area contributed by atoms with Crippen LogP contribution in [0.1, 0.15) is 52.8 Å². The molecule has 0 fully saturated rings. The average Bonchev–Trinajstić information content (AvgIpc) is 2.97. The summed E-state index contributed by atoms with van der Waals surface area (Å²) >= 11 is 1.83. The molecule has 1 unspecified atom stereocenters. The Balaban J connectivity index is 1.65. The van der Waals surface area contributed by atoms with Gasteiger partial charge in [-0.15, -0.1) is 11.3 Å². The molecule has 0 aliphatic heterocycles. The van der Waals surface area contributed by atoms with Crippen molar-refractivity contribution in [2.75, 3.05) is 0 Å². The normalized spacial score (nSPS) is 16.7. The molecule has 4 heteroatoms. The highest BCUT2D eigenvalue weighted by atomic mass is 32.1. The van der Waals surface area contributed by atoms with Gasteiger partial charge >= 0.3 is 0 Å². The number of hydrogen-bond acceptors (Lipinski definition) is 3. The first-order valence-electron chi connectivity index (χ1n) is 7.50. The molecule has 2 heterocycles. The zero-order chi connectivity index (χ0) is 13.9. The Hall–Kier alpha value is -1.13. The highest BCUT2D eigenvalue weighted by Crippen LogP contribution is 2.33. The molecule has 2 aromatic heterocycles. The van der Waals surface area contributed by atoms with Gasteiger partial charge in [-0.1, -0.05) is 6.42 Å². The molecule has 108 valence electrons. The second kappa shape index (κ2) is 6.10. The van der Waals surface area contributed by atoms with Crippen molar-refractivity contribution in [3.05, 3.63) is 39.3 Å². The van der Waals surface area contributed by atoms with Crippen LogP contribution in [-0.2, 0) is 26.3 Å².